The van der Waals surface area contributed by atoms with Gasteiger partial charge in [-0.25, -0.2) is 0 Å². The monoisotopic (exact) mass is 267 g/mol. The standard InChI is InChI=1S/C10H12Cl3NO/c1-2-14-3-4-15-10-6-8(12)7(11)5-9(10)13/h5-6,14H,2-4H2,1H3. The molecule has 0 saturated heterocycles. The highest BCUT2D eigenvalue weighted by atomic mass is 35.5. The minimum Gasteiger partial charge on any atom is -0.491 e. The van der Waals surface area contributed by atoms with E-state index < -0.39 is 0 Å². The van der Waals surface area contributed by atoms with Crippen LogP contribution in [0.1, 0.15) is 6.92 Å². The van der Waals surface area contributed by atoms with Crippen molar-refractivity contribution < 1.29 is 4.74 Å². The molecule has 1 aromatic carbocycles. The molecule has 0 fully saturated rings. The van der Waals surface area contributed by atoms with Crippen molar-refractivity contribution in [2.24, 2.45) is 0 Å². The van der Waals surface area contributed by atoms with Crippen LogP contribution < -0.4 is 10.1 Å². The summed E-state index contributed by atoms with van der Waals surface area (Å²) >= 11 is 17.6. The Morgan fingerprint density at radius 1 is 1.13 bits per heavy atom. The lowest BCUT2D eigenvalue weighted by Gasteiger charge is -2.09. The summed E-state index contributed by atoms with van der Waals surface area (Å²) in [5.74, 6) is 0.559. The minimum absolute atomic E-state index is 0.431. The smallest absolute Gasteiger partial charge is 0.139 e. The highest BCUT2D eigenvalue weighted by molar-refractivity contribution is 6.43. The Morgan fingerprint density at radius 3 is 2.47 bits per heavy atom. The number of halogens is 3. The molecular formula is C10H12Cl3NO. The van der Waals surface area contributed by atoms with Gasteiger partial charge in [-0.05, 0) is 12.6 Å². The zero-order valence-electron chi connectivity index (χ0n) is 8.32. The molecule has 2 nitrogen and oxygen atoms in total. The number of nitrogens with one attached hydrogen (secondary N) is 1. The first-order chi connectivity index (χ1) is 7.15. The van der Waals surface area contributed by atoms with Gasteiger partial charge in [0.25, 0.3) is 0 Å². The summed E-state index contributed by atoms with van der Waals surface area (Å²) in [6.07, 6.45) is 0. The fourth-order valence-corrected chi connectivity index (χ4v) is 1.62. The van der Waals surface area contributed by atoms with E-state index >= 15 is 0 Å². The Kier molecular flexibility index (Phi) is 5.54. The second kappa shape index (κ2) is 6.44. The quantitative estimate of drug-likeness (QED) is 0.650. The molecule has 5 heteroatoms. The summed E-state index contributed by atoms with van der Waals surface area (Å²) in [5, 5.41) is 4.49. The molecule has 0 aliphatic carbocycles. The van der Waals surface area contributed by atoms with Crippen LogP contribution in [-0.2, 0) is 0 Å². The first-order valence-electron chi connectivity index (χ1n) is 4.63. The van der Waals surface area contributed by atoms with E-state index in [1.54, 1.807) is 12.1 Å². The first kappa shape index (κ1) is 12.9. The summed E-state index contributed by atoms with van der Waals surface area (Å²) in [7, 11) is 0. The molecule has 1 aromatic rings. The average molecular weight is 269 g/mol. The number of ether oxygens (including phenoxy) is 1. The molecule has 0 aromatic heterocycles. The lowest BCUT2D eigenvalue weighted by molar-refractivity contribution is 0.315. The first-order valence-corrected chi connectivity index (χ1v) is 5.76. The lowest BCUT2D eigenvalue weighted by Crippen LogP contribution is -2.20. The minimum atomic E-state index is 0.431. The van der Waals surface area contributed by atoms with Crippen LogP contribution in [0.5, 0.6) is 5.75 Å². The molecule has 0 atom stereocenters. The van der Waals surface area contributed by atoms with E-state index in [1.165, 1.54) is 0 Å². The van der Waals surface area contributed by atoms with Gasteiger partial charge in [0.2, 0.25) is 0 Å². The van der Waals surface area contributed by atoms with Gasteiger partial charge in [-0.1, -0.05) is 41.7 Å². The summed E-state index contributed by atoms with van der Waals surface area (Å²) in [6.45, 7) is 4.27. The summed E-state index contributed by atoms with van der Waals surface area (Å²) in [6, 6.07) is 3.20. The van der Waals surface area contributed by atoms with Crippen LogP contribution in [0.4, 0.5) is 0 Å². The van der Waals surface area contributed by atoms with Crippen molar-refractivity contribution in [3.8, 4) is 5.75 Å². The van der Waals surface area contributed by atoms with Crippen molar-refractivity contribution in [2.45, 2.75) is 6.92 Å². The lowest BCUT2D eigenvalue weighted by atomic mass is 10.3. The number of hydrogen-bond acceptors (Lipinski definition) is 2. The second-order valence-electron chi connectivity index (χ2n) is 2.90. The van der Waals surface area contributed by atoms with Crippen LogP contribution in [0.2, 0.25) is 15.1 Å². The predicted molar refractivity (Wildman–Crippen MR) is 65.5 cm³/mol. The van der Waals surface area contributed by atoms with E-state index in [2.05, 4.69) is 5.32 Å². The molecule has 0 amide bonds. The van der Waals surface area contributed by atoms with Gasteiger partial charge < -0.3 is 10.1 Å². The third-order valence-corrected chi connectivity index (χ3v) is 2.78. The largest absolute Gasteiger partial charge is 0.491 e. The Balaban J connectivity index is 2.57. The molecule has 1 N–H and O–H groups in total. The summed E-state index contributed by atoms with van der Waals surface area (Å²) in [5.41, 5.74) is 0. The number of rotatable bonds is 5. The number of benzene rings is 1. The van der Waals surface area contributed by atoms with Gasteiger partial charge in [0.15, 0.2) is 0 Å². The van der Waals surface area contributed by atoms with E-state index in [0.717, 1.165) is 13.1 Å². The third kappa shape index (κ3) is 4.07. The van der Waals surface area contributed by atoms with Gasteiger partial charge in [0, 0.05) is 12.6 Å². The Labute approximate surface area is 104 Å². The van der Waals surface area contributed by atoms with Gasteiger partial charge >= 0.3 is 0 Å². The molecule has 84 valence electrons. The van der Waals surface area contributed by atoms with Crippen molar-refractivity contribution in [2.75, 3.05) is 19.7 Å². The fraction of sp³-hybridized carbons (Fsp3) is 0.400. The van der Waals surface area contributed by atoms with Gasteiger partial charge in [-0.2, -0.15) is 0 Å². The molecule has 1 rings (SSSR count). The predicted octanol–water partition coefficient (Wildman–Crippen LogP) is 3.64. The van der Waals surface area contributed by atoms with Crippen molar-refractivity contribution in [3.63, 3.8) is 0 Å². The molecule has 0 aliphatic heterocycles. The van der Waals surface area contributed by atoms with E-state index in [4.69, 9.17) is 39.5 Å². The SMILES string of the molecule is CCNCCOc1cc(Cl)c(Cl)cc1Cl. The molecule has 0 bridgehead atoms. The fourth-order valence-electron chi connectivity index (χ4n) is 1.02. The summed E-state index contributed by atoms with van der Waals surface area (Å²) in [4.78, 5) is 0. The maximum atomic E-state index is 5.93. The molecule has 0 heterocycles. The molecule has 15 heavy (non-hydrogen) atoms. The molecule has 0 aliphatic rings. The molecule has 0 radical (unpaired) electrons. The molecule has 0 saturated carbocycles. The second-order valence-corrected chi connectivity index (χ2v) is 4.12. The van der Waals surface area contributed by atoms with Crippen molar-refractivity contribution in [1.29, 1.82) is 0 Å². The Morgan fingerprint density at radius 2 is 1.80 bits per heavy atom. The molecular weight excluding hydrogens is 256 g/mol. The highest BCUT2D eigenvalue weighted by Crippen LogP contribution is 2.33. The number of hydrogen-bond donors (Lipinski definition) is 1. The highest BCUT2D eigenvalue weighted by Gasteiger charge is 2.06. The average Bonchev–Trinajstić information content (AvgIpc) is 2.20. The van der Waals surface area contributed by atoms with E-state index in [1.807, 2.05) is 6.92 Å². The Bertz CT molecular complexity index is 331. The van der Waals surface area contributed by atoms with Crippen LogP contribution in [0.3, 0.4) is 0 Å². The van der Waals surface area contributed by atoms with Crippen LogP contribution in [0, 0.1) is 0 Å². The topological polar surface area (TPSA) is 21.3 Å². The van der Waals surface area contributed by atoms with Crippen LogP contribution >= 0.6 is 34.8 Å². The van der Waals surface area contributed by atoms with Crippen LogP contribution in [0.15, 0.2) is 12.1 Å². The molecule has 0 unspecified atom stereocenters. The third-order valence-electron chi connectivity index (χ3n) is 1.76. The Hall–Kier alpha value is -0.150. The zero-order chi connectivity index (χ0) is 11.3. The summed E-state index contributed by atoms with van der Waals surface area (Å²) < 4.78 is 5.44. The number of likely N-dealkylation sites (N-methyl/N-ethyl adjacent to an activating group) is 1. The van der Waals surface area contributed by atoms with Gasteiger partial charge in [-0.3, -0.25) is 0 Å². The van der Waals surface area contributed by atoms with E-state index in [9.17, 15) is 0 Å². The van der Waals surface area contributed by atoms with Crippen molar-refractivity contribution in [3.05, 3.63) is 27.2 Å². The molecule has 0 spiro atoms. The van der Waals surface area contributed by atoms with Crippen LogP contribution in [-0.4, -0.2) is 19.7 Å². The maximum absolute atomic E-state index is 5.93. The zero-order valence-corrected chi connectivity index (χ0v) is 10.6. The van der Waals surface area contributed by atoms with Gasteiger partial charge in [0.05, 0.1) is 15.1 Å². The van der Waals surface area contributed by atoms with Crippen molar-refractivity contribution in [1.82, 2.24) is 5.32 Å². The van der Waals surface area contributed by atoms with E-state index in [-0.39, 0.29) is 0 Å². The van der Waals surface area contributed by atoms with Gasteiger partial charge in [-0.15, -0.1) is 0 Å². The van der Waals surface area contributed by atoms with Gasteiger partial charge in [0.1, 0.15) is 12.4 Å². The maximum Gasteiger partial charge on any atom is 0.139 e. The van der Waals surface area contributed by atoms with Crippen molar-refractivity contribution >= 4 is 34.8 Å². The van der Waals surface area contributed by atoms with Crippen LogP contribution in [0.25, 0.3) is 0 Å². The van der Waals surface area contributed by atoms with E-state index in [0.29, 0.717) is 27.4 Å². The normalized spacial score (nSPS) is 10.4.